The molecule has 0 aliphatic rings. The van der Waals surface area contributed by atoms with E-state index < -0.39 is 11.8 Å². The Morgan fingerprint density at radius 1 is 1.04 bits per heavy atom. The van der Waals surface area contributed by atoms with Gasteiger partial charge in [-0.1, -0.05) is 36.4 Å². The van der Waals surface area contributed by atoms with E-state index >= 15 is 0 Å². The Morgan fingerprint density at radius 3 is 2.52 bits per heavy atom. The largest absolute Gasteiger partial charge is 0.495 e. The number of amides is 2. The minimum Gasteiger partial charge on any atom is -0.495 e. The van der Waals surface area contributed by atoms with E-state index in [1.807, 2.05) is 24.3 Å². The molecule has 2 rings (SSSR count). The quantitative estimate of drug-likeness (QED) is 0.728. The highest BCUT2D eigenvalue weighted by Crippen LogP contribution is 2.22. The average molecular weight is 313 g/mol. The highest BCUT2D eigenvalue weighted by molar-refractivity contribution is 6.39. The Morgan fingerprint density at radius 2 is 1.78 bits per heavy atom. The number of nitrogens with two attached hydrogens (primary N) is 1. The second-order valence-corrected chi connectivity index (χ2v) is 4.86. The van der Waals surface area contributed by atoms with E-state index in [2.05, 4.69) is 10.6 Å². The first-order valence-corrected chi connectivity index (χ1v) is 7.14. The first-order chi connectivity index (χ1) is 11.1. The van der Waals surface area contributed by atoms with Crippen LogP contribution in [0.5, 0.6) is 5.75 Å². The van der Waals surface area contributed by atoms with Gasteiger partial charge in [0.25, 0.3) is 0 Å². The Hall–Kier alpha value is -2.86. The number of methoxy groups -OCH3 is 1. The maximum absolute atomic E-state index is 11.9. The molecule has 0 bridgehead atoms. The second-order valence-electron chi connectivity index (χ2n) is 4.86. The fraction of sp³-hybridized carbons (Fsp3) is 0.176. The van der Waals surface area contributed by atoms with Crippen LogP contribution in [0.3, 0.4) is 0 Å². The molecular formula is C17H19N3O3. The second kappa shape index (κ2) is 7.95. The van der Waals surface area contributed by atoms with Crippen molar-refractivity contribution < 1.29 is 14.3 Å². The molecule has 6 heteroatoms. The molecule has 2 amide bonds. The highest BCUT2D eigenvalue weighted by Gasteiger charge is 2.15. The third-order valence-electron chi connectivity index (χ3n) is 3.24. The molecule has 0 aliphatic heterocycles. The summed E-state index contributed by atoms with van der Waals surface area (Å²) in [5.41, 5.74) is 7.87. The van der Waals surface area contributed by atoms with Gasteiger partial charge < -0.3 is 21.1 Å². The normalized spacial score (nSPS) is 10.0. The maximum Gasteiger partial charge on any atom is 0.313 e. The van der Waals surface area contributed by atoms with Crippen LogP contribution >= 0.6 is 0 Å². The minimum atomic E-state index is -0.746. The van der Waals surface area contributed by atoms with Gasteiger partial charge in [0, 0.05) is 13.1 Å². The molecule has 120 valence electrons. The van der Waals surface area contributed by atoms with Crippen LogP contribution in [0, 0.1) is 0 Å². The van der Waals surface area contributed by atoms with Gasteiger partial charge >= 0.3 is 11.8 Å². The van der Waals surface area contributed by atoms with Crippen LogP contribution < -0.4 is 21.1 Å². The van der Waals surface area contributed by atoms with Crippen molar-refractivity contribution >= 4 is 17.5 Å². The lowest BCUT2D eigenvalue weighted by Gasteiger charge is -2.10. The van der Waals surface area contributed by atoms with Gasteiger partial charge in [-0.25, -0.2) is 0 Å². The van der Waals surface area contributed by atoms with Gasteiger partial charge in [-0.15, -0.1) is 0 Å². The smallest absolute Gasteiger partial charge is 0.313 e. The molecule has 0 aliphatic carbocycles. The Labute approximate surface area is 134 Å². The maximum atomic E-state index is 11.9. The van der Waals surface area contributed by atoms with Crippen molar-refractivity contribution in [2.24, 2.45) is 5.73 Å². The zero-order valence-electron chi connectivity index (χ0n) is 12.8. The molecule has 0 saturated heterocycles. The van der Waals surface area contributed by atoms with Gasteiger partial charge in [0.05, 0.1) is 12.8 Å². The third-order valence-corrected chi connectivity index (χ3v) is 3.24. The lowest BCUT2D eigenvalue weighted by atomic mass is 10.1. The van der Waals surface area contributed by atoms with Crippen molar-refractivity contribution in [1.29, 1.82) is 0 Å². The van der Waals surface area contributed by atoms with E-state index in [9.17, 15) is 9.59 Å². The van der Waals surface area contributed by atoms with E-state index in [0.29, 0.717) is 18.0 Å². The van der Waals surface area contributed by atoms with E-state index in [0.717, 1.165) is 11.1 Å². The molecular weight excluding hydrogens is 294 g/mol. The highest BCUT2D eigenvalue weighted by atomic mass is 16.5. The van der Waals surface area contributed by atoms with Gasteiger partial charge in [-0.05, 0) is 23.3 Å². The number of rotatable bonds is 5. The summed E-state index contributed by atoms with van der Waals surface area (Å²) in [6.45, 7) is 0.683. The topological polar surface area (TPSA) is 93.4 Å². The number of benzene rings is 2. The van der Waals surface area contributed by atoms with Crippen LogP contribution in [0.4, 0.5) is 5.69 Å². The number of carbonyl (C=O) groups is 2. The Balaban J connectivity index is 1.93. The first kappa shape index (κ1) is 16.5. The van der Waals surface area contributed by atoms with Crippen molar-refractivity contribution in [1.82, 2.24) is 5.32 Å². The number of carbonyl (C=O) groups excluding carboxylic acids is 2. The van der Waals surface area contributed by atoms with Crippen LogP contribution in [0.2, 0.25) is 0 Å². The number of hydrogen-bond acceptors (Lipinski definition) is 4. The Bertz CT molecular complexity index is 701. The SMILES string of the molecule is COc1ccccc1NC(=O)C(=O)NCc1cccc(CN)c1. The minimum absolute atomic E-state index is 0.256. The van der Waals surface area contributed by atoms with E-state index in [1.165, 1.54) is 7.11 Å². The van der Waals surface area contributed by atoms with Crippen LogP contribution in [-0.2, 0) is 22.7 Å². The average Bonchev–Trinajstić information content (AvgIpc) is 2.60. The summed E-state index contributed by atoms with van der Waals surface area (Å²) in [5.74, 6) is -0.970. The predicted octanol–water partition coefficient (Wildman–Crippen LogP) is 1.41. The molecule has 0 atom stereocenters. The lowest BCUT2D eigenvalue weighted by molar-refractivity contribution is -0.136. The van der Waals surface area contributed by atoms with Crippen molar-refractivity contribution in [3.63, 3.8) is 0 Å². The molecule has 0 unspecified atom stereocenters. The fourth-order valence-corrected chi connectivity index (χ4v) is 2.06. The molecule has 4 N–H and O–H groups in total. The van der Waals surface area contributed by atoms with Gasteiger partial charge in [0.1, 0.15) is 5.75 Å². The molecule has 0 saturated carbocycles. The fourth-order valence-electron chi connectivity index (χ4n) is 2.06. The zero-order chi connectivity index (χ0) is 16.7. The van der Waals surface area contributed by atoms with Crippen LogP contribution in [0.15, 0.2) is 48.5 Å². The first-order valence-electron chi connectivity index (χ1n) is 7.14. The molecule has 6 nitrogen and oxygen atoms in total. The summed E-state index contributed by atoms with van der Waals surface area (Å²) in [6, 6.07) is 14.4. The number of ether oxygens (including phenoxy) is 1. The molecule has 2 aromatic rings. The van der Waals surface area contributed by atoms with Crippen molar-refractivity contribution in [3.05, 3.63) is 59.7 Å². The predicted molar refractivity (Wildman–Crippen MR) is 87.8 cm³/mol. The Kier molecular flexibility index (Phi) is 5.71. The number of nitrogens with one attached hydrogen (secondary N) is 2. The standard InChI is InChI=1S/C17H19N3O3/c1-23-15-8-3-2-7-14(15)20-17(22)16(21)19-11-13-6-4-5-12(9-13)10-18/h2-9H,10-11,18H2,1H3,(H,19,21)(H,20,22). The van der Waals surface area contributed by atoms with Crippen LogP contribution in [0.25, 0.3) is 0 Å². The number of anilines is 1. The van der Waals surface area contributed by atoms with E-state index in [4.69, 9.17) is 10.5 Å². The summed E-state index contributed by atoms with van der Waals surface area (Å²) in [5, 5.41) is 5.10. The van der Waals surface area contributed by atoms with Crippen LogP contribution in [0.1, 0.15) is 11.1 Å². The van der Waals surface area contributed by atoms with Gasteiger partial charge in [-0.2, -0.15) is 0 Å². The third kappa shape index (κ3) is 4.55. The van der Waals surface area contributed by atoms with Crippen molar-refractivity contribution in [2.45, 2.75) is 13.1 Å². The summed E-state index contributed by atoms with van der Waals surface area (Å²) < 4.78 is 5.12. The molecule has 0 spiro atoms. The van der Waals surface area contributed by atoms with E-state index in [-0.39, 0.29) is 6.54 Å². The summed E-state index contributed by atoms with van der Waals surface area (Å²) in [4.78, 5) is 23.8. The molecule has 0 radical (unpaired) electrons. The zero-order valence-corrected chi connectivity index (χ0v) is 12.8. The summed E-state index contributed by atoms with van der Waals surface area (Å²) in [7, 11) is 1.50. The number of hydrogen-bond donors (Lipinski definition) is 3. The number of para-hydroxylation sites is 2. The molecule has 2 aromatic carbocycles. The van der Waals surface area contributed by atoms with Gasteiger partial charge in [0.2, 0.25) is 0 Å². The molecule has 23 heavy (non-hydrogen) atoms. The monoisotopic (exact) mass is 313 g/mol. The van der Waals surface area contributed by atoms with Gasteiger partial charge in [0.15, 0.2) is 0 Å². The van der Waals surface area contributed by atoms with Crippen molar-refractivity contribution in [3.8, 4) is 5.75 Å². The lowest BCUT2D eigenvalue weighted by Crippen LogP contribution is -2.35. The van der Waals surface area contributed by atoms with Crippen LogP contribution in [-0.4, -0.2) is 18.9 Å². The molecule has 0 fully saturated rings. The summed E-state index contributed by atoms with van der Waals surface area (Å²) >= 11 is 0. The van der Waals surface area contributed by atoms with E-state index in [1.54, 1.807) is 24.3 Å². The van der Waals surface area contributed by atoms with Gasteiger partial charge in [-0.3, -0.25) is 9.59 Å². The molecule has 0 aromatic heterocycles. The molecule has 0 heterocycles. The van der Waals surface area contributed by atoms with Crippen molar-refractivity contribution in [2.75, 3.05) is 12.4 Å². The summed E-state index contributed by atoms with van der Waals surface area (Å²) in [6.07, 6.45) is 0.